The monoisotopic (exact) mass is 291 g/mol. The van der Waals surface area contributed by atoms with Gasteiger partial charge in [0.15, 0.2) is 5.13 Å². The second-order valence-electron chi connectivity index (χ2n) is 4.41. The van der Waals surface area contributed by atoms with Gasteiger partial charge in [-0.1, -0.05) is 11.3 Å². The second-order valence-corrected chi connectivity index (χ2v) is 5.44. The fraction of sp³-hybridized carbons (Fsp3) is 0.357. The lowest BCUT2D eigenvalue weighted by Crippen LogP contribution is -2.14. The van der Waals surface area contributed by atoms with Crippen molar-refractivity contribution in [1.82, 2.24) is 9.97 Å². The highest BCUT2D eigenvalue weighted by molar-refractivity contribution is 7.18. The fourth-order valence-electron chi connectivity index (χ4n) is 1.90. The third kappa shape index (κ3) is 2.96. The largest absolute Gasteiger partial charge is 0.465 e. The molecule has 0 amide bonds. The van der Waals surface area contributed by atoms with Crippen molar-refractivity contribution in [1.29, 1.82) is 0 Å². The number of nitrogens with zero attached hydrogens (tertiary/aromatic N) is 2. The highest BCUT2D eigenvalue weighted by atomic mass is 32.1. The summed E-state index contributed by atoms with van der Waals surface area (Å²) in [7, 11) is 0. The van der Waals surface area contributed by atoms with Crippen LogP contribution < -0.4 is 5.73 Å². The summed E-state index contributed by atoms with van der Waals surface area (Å²) in [4.78, 5) is 21.2. The zero-order valence-corrected chi connectivity index (χ0v) is 12.5. The van der Waals surface area contributed by atoms with Gasteiger partial charge < -0.3 is 10.5 Å². The van der Waals surface area contributed by atoms with Crippen LogP contribution in [0, 0.1) is 6.92 Å². The van der Waals surface area contributed by atoms with E-state index in [9.17, 15) is 4.79 Å². The predicted molar refractivity (Wildman–Crippen MR) is 79.5 cm³/mol. The van der Waals surface area contributed by atoms with Crippen LogP contribution in [0.2, 0.25) is 0 Å². The van der Waals surface area contributed by atoms with Crippen LogP contribution in [0.15, 0.2) is 18.3 Å². The number of aromatic nitrogens is 2. The summed E-state index contributed by atoms with van der Waals surface area (Å²) in [6.07, 6.45) is 1.69. The smallest absolute Gasteiger partial charge is 0.314 e. The molecule has 0 aliphatic heterocycles. The molecular weight excluding hydrogens is 274 g/mol. The van der Waals surface area contributed by atoms with E-state index < -0.39 is 0 Å². The summed E-state index contributed by atoms with van der Waals surface area (Å²) in [5.41, 5.74) is 8.26. The second kappa shape index (κ2) is 6.00. The van der Waals surface area contributed by atoms with Crippen molar-refractivity contribution >= 4 is 22.4 Å². The molecule has 0 aliphatic carbocycles. The quantitative estimate of drug-likeness (QED) is 0.876. The average molecular weight is 291 g/mol. The maximum Gasteiger partial charge on any atom is 0.314 e. The van der Waals surface area contributed by atoms with Gasteiger partial charge in [-0.3, -0.25) is 9.78 Å². The number of thiazole rings is 1. The summed E-state index contributed by atoms with van der Waals surface area (Å²) in [6.45, 7) is 5.86. The summed E-state index contributed by atoms with van der Waals surface area (Å²) < 4.78 is 5.02. The number of nitrogens with two attached hydrogens (primary N) is 1. The van der Waals surface area contributed by atoms with Crippen molar-refractivity contribution in [2.24, 2.45) is 0 Å². The molecule has 0 spiro atoms. The SMILES string of the molecule is CCOC(=O)C(C)c1cc(-c2sc(N)nc2C)ccn1. The third-order valence-electron chi connectivity index (χ3n) is 2.94. The molecule has 0 aliphatic rings. The van der Waals surface area contributed by atoms with Crippen molar-refractivity contribution in [2.75, 3.05) is 12.3 Å². The molecule has 0 aromatic carbocycles. The topological polar surface area (TPSA) is 78.1 Å². The summed E-state index contributed by atoms with van der Waals surface area (Å²) in [5, 5.41) is 0.536. The van der Waals surface area contributed by atoms with Gasteiger partial charge in [-0.15, -0.1) is 0 Å². The average Bonchev–Trinajstić information content (AvgIpc) is 2.77. The zero-order chi connectivity index (χ0) is 14.7. The first-order valence-electron chi connectivity index (χ1n) is 6.38. The van der Waals surface area contributed by atoms with Gasteiger partial charge in [0, 0.05) is 6.20 Å². The van der Waals surface area contributed by atoms with Crippen LogP contribution in [0.4, 0.5) is 5.13 Å². The van der Waals surface area contributed by atoms with Gasteiger partial charge in [-0.2, -0.15) is 0 Å². The van der Waals surface area contributed by atoms with Crippen LogP contribution in [-0.4, -0.2) is 22.5 Å². The van der Waals surface area contributed by atoms with Crippen molar-refractivity contribution in [3.05, 3.63) is 29.7 Å². The summed E-state index contributed by atoms with van der Waals surface area (Å²) >= 11 is 1.43. The molecule has 1 atom stereocenters. The Labute approximate surface area is 121 Å². The van der Waals surface area contributed by atoms with Gasteiger partial charge in [0.25, 0.3) is 0 Å². The molecular formula is C14H17N3O2S. The van der Waals surface area contributed by atoms with Gasteiger partial charge in [-0.25, -0.2) is 4.98 Å². The minimum Gasteiger partial charge on any atom is -0.465 e. The lowest BCUT2D eigenvalue weighted by molar-refractivity contribution is -0.144. The number of hydrogen-bond acceptors (Lipinski definition) is 6. The number of nitrogen functional groups attached to an aromatic ring is 1. The molecule has 106 valence electrons. The molecule has 0 fully saturated rings. The zero-order valence-electron chi connectivity index (χ0n) is 11.7. The first-order chi connectivity index (χ1) is 9.52. The van der Waals surface area contributed by atoms with E-state index in [1.165, 1.54) is 11.3 Å². The number of pyridine rings is 1. The van der Waals surface area contributed by atoms with Crippen LogP contribution in [0.3, 0.4) is 0 Å². The first kappa shape index (κ1) is 14.5. The lowest BCUT2D eigenvalue weighted by atomic mass is 10.0. The standard InChI is InChI=1S/C14H17N3O2S/c1-4-19-13(18)8(2)11-7-10(5-6-16-11)12-9(3)17-14(15)20-12/h5-8H,4H2,1-3H3,(H2,15,17). The number of carbonyl (C=O) groups excluding carboxylic acids is 1. The molecule has 2 N–H and O–H groups in total. The van der Waals surface area contributed by atoms with Crippen LogP contribution in [-0.2, 0) is 9.53 Å². The number of aryl methyl sites for hydroxylation is 1. The van der Waals surface area contributed by atoms with E-state index in [0.717, 1.165) is 16.1 Å². The molecule has 2 rings (SSSR count). The van der Waals surface area contributed by atoms with Gasteiger partial charge in [0.2, 0.25) is 0 Å². The van der Waals surface area contributed by atoms with E-state index in [2.05, 4.69) is 9.97 Å². The summed E-state index contributed by atoms with van der Waals surface area (Å²) in [5.74, 6) is -0.654. The predicted octanol–water partition coefficient (Wildman–Crippen LogP) is 2.76. The molecule has 6 heteroatoms. The molecule has 2 heterocycles. The molecule has 2 aromatic rings. The van der Waals surface area contributed by atoms with E-state index in [1.54, 1.807) is 20.0 Å². The summed E-state index contributed by atoms with van der Waals surface area (Å²) in [6, 6.07) is 3.78. The molecule has 0 saturated carbocycles. The normalized spacial score (nSPS) is 12.2. The number of carbonyl (C=O) groups is 1. The Morgan fingerprint density at radius 3 is 2.90 bits per heavy atom. The molecule has 2 aromatic heterocycles. The first-order valence-corrected chi connectivity index (χ1v) is 7.20. The molecule has 0 saturated heterocycles. The van der Waals surface area contributed by atoms with Crippen molar-refractivity contribution in [3.63, 3.8) is 0 Å². The molecule has 20 heavy (non-hydrogen) atoms. The number of esters is 1. The van der Waals surface area contributed by atoms with Crippen molar-refractivity contribution in [2.45, 2.75) is 26.7 Å². The Bertz CT molecular complexity index is 625. The van der Waals surface area contributed by atoms with Gasteiger partial charge >= 0.3 is 5.97 Å². The Hall–Kier alpha value is -1.95. The molecule has 5 nitrogen and oxygen atoms in total. The maximum atomic E-state index is 11.8. The van der Waals surface area contributed by atoms with E-state index in [1.807, 2.05) is 19.1 Å². The van der Waals surface area contributed by atoms with Crippen molar-refractivity contribution in [3.8, 4) is 10.4 Å². The van der Waals surface area contributed by atoms with E-state index in [0.29, 0.717) is 17.4 Å². The number of hydrogen-bond donors (Lipinski definition) is 1. The van der Waals surface area contributed by atoms with E-state index >= 15 is 0 Å². The highest BCUT2D eigenvalue weighted by Gasteiger charge is 2.19. The Balaban J connectivity index is 2.33. The van der Waals surface area contributed by atoms with Gasteiger partial charge in [0.05, 0.1) is 28.8 Å². The van der Waals surface area contributed by atoms with Crippen LogP contribution in [0.25, 0.3) is 10.4 Å². The Morgan fingerprint density at radius 2 is 2.30 bits per heavy atom. The molecule has 0 bridgehead atoms. The Kier molecular flexibility index (Phi) is 4.34. The lowest BCUT2D eigenvalue weighted by Gasteiger charge is -2.10. The Morgan fingerprint density at radius 1 is 1.55 bits per heavy atom. The van der Waals surface area contributed by atoms with Gasteiger partial charge in [0.1, 0.15) is 0 Å². The third-order valence-corrected chi connectivity index (χ3v) is 3.98. The van der Waals surface area contributed by atoms with E-state index in [-0.39, 0.29) is 11.9 Å². The van der Waals surface area contributed by atoms with Crippen LogP contribution in [0.1, 0.15) is 31.2 Å². The van der Waals surface area contributed by atoms with Gasteiger partial charge in [-0.05, 0) is 38.5 Å². The number of anilines is 1. The minimum absolute atomic E-state index is 0.266. The fourth-order valence-corrected chi connectivity index (χ4v) is 2.73. The molecule has 1 unspecified atom stereocenters. The molecule has 0 radical (unpaired) electrons. The highest BCUT2D eigenvalue weighted by Crippen LogP contribution is 2.32. The minimum atomic E-state index is -0.388. The number of ether oxygens (including phenoxy) is 1. The van der Waals surface area contributed by atoms with E-state index in [4.69, 9.17) is 10.5 Å². The van der Waals surface area contributed by atoms with Crippen LogP contribution >= 0.6 is 11.3 Å². The van der Waals surface area contributed by atoms with Crippen molar-refractivity contribution < 1.29 is 9.53 Å². The maximum absolute atomic E-state index is 11.8. The van der Waals surface area contributed by atoms with Crippen LogP contribution in [0.5, 0.6) is 0 Å². The number of rotatable bonds is 4.